The summed E-state index contributed by atoms with van der Waals surface area (Å²) in [5, 5.41) is 21.6. The first-order chi connectivity index (χ1) is 31.1. The van der Waals surface area contributed by atoms with Gasteiger partial charge in [0.25, 0.3) is 0 Å². The highest BCUT2D eigenvalue weighted by Crippen LogP contribution is 2.16. The Bertz CT molecular complexity index is 847. The van der Waals surface area contributed by atoms with Crippen LogP contribution in [0, 0.1) is 0 Å². The van der Waals surface area contributed by atoms with Crippen LogP contribution in [0.1, 0.15) is 322 Å². The van der Waals surface area contributed by atoms with Gasteiger partial charge in [0, 0.05) is 0 Å². The van der Waals surface area contributed by atoms with Crippen LogP contribution in [-0.4, -0.2) is 20.2 Å². The van der Waals surface area contributed by atoms with E-state index in [0.29, 0.717) is 5.46 Å². The van der Waals surface area contributed by atoms with Crippen LogP contribution in [0.25, 0.3) is 0 Å². The van der Waals surface area contributed by atoms with Crippen LogP contribution in [0.2, 0.25) is 0 Å². The number of quaternary nitrogens is 2. The molecule has 0 bridgehead atoms. The lowest BCUT2D eigenvalue weighted by Gasteiger charge is -2.26. The van der Waals surface area contributed by atoms with Crippen LogP contribution in [-0.2, 0) is 6.42 Å². The normalized spacial score (nSPS) is 11.0. The number of benzene rings is 1. The largest absolute Gasteiger partial charge is 0.889 e. The Morgan fingerprint density at radius 1 is 0.286 bits per heavy atom. The predicted molar refractivity (Wildman–Crippen MR) is 280 cm³/mol. The molecule has 0 saturated carbocycles. The van der Waals surface area contributed by atoms with E-state index in [1.807, 2.05) is 12.1 Å². The molecular weight excluding hydrogens is 767 g/mol. The van der Waals surface area contributed by atoms with Crippen LogP contribution in [0.15, 0.2) is 24.3 Å². The Balaban J connectivity index is 0. The third-order valence-corrected chi connectivity index (χ3v) is 13.3. The van der Waals surface area contributed by atoms with Gasteiger partial charge < -0.3 is 21.5 Å². The Kier molecular flexibility index (Phi) is 60.3. The molecule has 6 N–H and O–H groups in total. The second-order valence-electron chi connectivity index (χ2n) is 19.7. The lowest BCUT2D eigenvalue weighted by molar-refractivity contribution is -0.368. The Morgan fingerprint density at radius 2 is 0.476 bits per heavy atom. The second kappa shape index (κ2) is 59.1. The first-order valence-corrected chi connectivity index (χ1v) is 29.1. The Hall–Kier alpha value is -0.875. The van der Waals surface area contributed by atoms with E-state index in [-0.39, 0.29) is 0 Å². The van der Waals surface area contributed by atoms with Gasteiger partial charge in [-0.1, -0.05) is 315 Å². The lowest BCUT2D eigenvalue weighted by atomic mass is 9.80. The van der Waals surface area contributed by atoms with E-state index in [1.165, 1.54) is 301 Å². The van der Waals surface area contributed by atoms with E-state index in [1.54, 1.807) is 12.1 Å². The van der Waals surface area contributed by atoms with Gasteiger partial charge in [0.05, 0.1) is 13.1 Å². The minimum Gasteiger partial charge on any atom is -0.889 e. The molecule has 0 radical (unpaired) electrons. The first kappa shape index (κ1) is 64.2. The third kappa shape index (κ3) is 57.2. The van der Waals surface area contributed by atoms with Crippen LogP contribution in [0.4, 0.5) is 0 Å². The van der Waals surface area contributed by atoms with E-state index in [2.05, 4.69) is 32.2 Å². The smallest absolute Gasteiger partial charge is 0.0739 e. The molecule has 0 amide bonds. The SMILES string of the molecule is CCCCCCCCCCCCCCCCCC[NH3+].CCCCCCCCCCCCCCCCCC[NH3+].CCCCCCCCCCCCCCCCc1ccc(B([O-])[O-])cc1. The molecule has 0 aliphatic carbocycles. The van der Waals surface area contributed by atoms with Crippen molar-refractivity contribution in [3.05, 3.63) is 29.8 Å². The van der Waals surface area contributed by atoms with E-state index in [4.69, 9.17) is 0 Å². The number of aryl methyl sites for hydroxylation is 1. The minimum atomic E-state index is -1.85. The highest BCUT2D eigenvalue weighted by molar-refractivity contribution is 6.55. The fourth-order valence-corrected chi connectivity index (χ4v) is 8.81. The fourth-order valence-electron chi connectivity index (χ4n) is 8.81. The van der Waals surface area contributed by atoms with Gasteiger partial charge in [-0.3, -0.25) is 0 Å². The zero-order valence-corrected chi connectivity index (χ0v) is 43.8. The number of rotatable bonds is 48. The molecule has 0 fully saturated rings. The number of hydrogen-bond acceptors (Lipinski definition) is 2. The Labute approximate surface area is 398 Å². The molecule has 0 unspecified atom stereocenters. The zero-order valence-electron chi connectivity index (χ0n) is 43.8. The predicted octanol–water partition coefficient (Wildman–Crippen LogP) is 15.1. The topological polar surface area (TPSA) is 101 Å². The average Bonchev–Trinajstić information content (AvgIpc) is 3.29. The maximum absolute atomic E-state index is 10.8. The van der Waals surface area contributed by atoms with Crippen LogP contribution < -0.4 is 27.0 Å². The maximum Gasteiger partial charge on any atom is 0.0739 e. The maximum atomic E-state index is 10.8. The van der Waals surface area contributed by atoms with Crippen LogP contribution >= 0.6 is 0 Å². The van der Waals surface area contributed by atoms with Crippen molar-refractivity contribution >= 4 is 12.6 Å². The van der Waals surface area contributed by atoms with Gasteiger partial charge >= 0.3 is 0 Å². The molecule has 374 valence electrons. The summed E-state index contributed by atoms with van der Waals surface area (Å²) in [6, 6.07) is 7.23. The summed E-state index contributed by atoms with van der Waals surface area (Å²) < 4.78 is 0. The van der Waals surface area contributed by atoms with Crippen molar-refractivity contribution in [2.75, 3.05) is 13.1 Å². The van der Waals surface area contributed by atoms with Gasteiger partial charge in [0.15, 0.2) is 0 Å². The number of hydrogen-bond donors (Lipinski definition) is 2. The van der Waals surface area contributed by atoms with Crippen LogP contribution in [0.5, 0.6) is 0 Å². The van der Waals surface area contributed by atoms with Crippen molar-refractivity contribution in [3.63, 3.8) is 0 Å². The van der Waals surface area contributed by atoms with E-state index < -0.39 is 7.12 Å². The summed E-state index contributed by atoms with van der Waals surface area (Å²) in [4.78, 5) is 0. The van der Waals surface area contributed by atoms with Gasteiger partial charge in [0.1, 0.15) is 0 Å². The van der Waals surface area contributed by atoms with Crippen molar-refractivity contribution in [1.82, 2.24) is 0 Å². The van der Waals surface area contributed by atoms with Crippen molar-refractivity contribution in [1.29, 1.82) is 0 Å². The highest BCUT2D eigenvalue weighted by atomic mass is 16.4. The summed E-state index contributed by atoms with van der Waals surface area (Å²) in [6.07, 6.45) is 66.7. The summed E-state index contributed by atoms with van der Waals surface area (Å²) in [6.45, 7) is 9.11. The average molecular weight is 885 g/mol. The van der Waals surface area contributed by atoms with Gasteiger partial charge in [-0.15, -0.1) is 5.46 Å². The molecule has 0 saturated heterocycles. The van der Waals surface area contributed by atoms with Gasteiger partial charge in [-0.05, 0) is 44.1 Å². The lowest BCUT2D eigenvalue weighted by Crippen LogP contribution is -2.55. The van der Waals surface area contributed by atoms with E-state index >= 15 is 0 Å². The molecule has 0 atom stereocenters. The molecule has 1 aromatic carbocycles. The number of unbranched alkanes of at least 4 members (excludes halogenated alkanes) is 43. The zero-order chi connectivity index (χ0) is 46.2. The molecule has 5 heteroatoms. The van der Waals surface area contributed by atoms with Crippen molar-refractivity contribution in [2.24, 2.45) is 0 Å². The molecule has 0 aromatic heterocycles. The van der Waals surface area contributed by atoms with Gasteiger partial charge in [-0.25, -0.2) is 0 Å². The van der Waals surface area contributed by atoms with Crippen molar-refractivity contribution in [3.8, 4) is 0 Å². The monoisotopic (exact) mass is 885 g/mol. The van der Waals surface area contributed by atoms with Crippen LogP contribution in [0.3, 0.4) is 0 Å². The highest BCUT2D eigenvalue weighted by Gasteiger charge is 1.98. The quantitative estimate of drug-likeness (QED) is 0.0503. The first-order valence-electron chi connectivity index (χ1n) is 29.1. The van der Waals surface area contributed by atoms with Crippen molar-refractivity contribution in [2.45, 2.75) is 323 Å². The second-order valence-corrected chi connectivity index (χ2v) is 19.7. The van der Waals surface area contributed by atoms with E-state index in [9.17, 15) is 10.0 Å². The summed E-state index contributed by atoms with van der Waals surface area (Å²) >= 11 is 0. The molecule has 0 aliphatic heterocycles. The summed E-state index contributed by atoms with van der Waals surface area (Å²) in [5.41, 5.74) is 9.37. The van der Waals surface area contributed by atoms with Gasteiger partial charge in [0.2, 0.25) is 0 Å². The summed E-state index contributed by atoms with van der Waals surface area (Å²) in [5.74, 6) is 0. The fraction of sp³-hybridized carbons (Fsp3) is 0.897. The Morgan fingerprint density at radius 3 is 0.667 bits per heavy atom. The third-order valence-electron chi connectivity index (χ3n) is 13.3. The van der Waals surface area contributed by atoms with Gasteiger partial charge in [-0.2, -0.15) is 0 Å². The minimum absolute atomic E-state index is 0.352. The molecule has 63 heavy (non-hydrogen) atoms. The molecule has 4 nitrogen and oxygen atoms in total. The molecule has 1 aromatic rings. The molecule has 0 heterocycles. The molecule has 0 spiro atoms. The van der Waals surface area contributed by atoms with E-state index in [0.717, 1.165) is 19.5 Å². The molecule has 0 aliphatic rings. The molecular formula is C58H117BN2O2. The summed E-state index contributed by atoms with van der Waals surface area (Å²) in [7, 11) is -1.85. The molecule has 1 rings (SSSR count). The standard InChI is InChI=1S/C22H37BO2.2C18H39N/c1-2-3-4-5-6-7-8-9-10-11-12-13-14-15-16-21-17-19-22(20-18-21)23(24)25;2*1-2-3-4-5-6-7-8-9-10-11-12-13-14-15-16-17-18-19/h17-20H,2-16H2,1H3;2*2-19H2,1H3/q-2;;/p+2. The van der Waals surface area contributed by atoms with Crippen molar-refractivity contribution < 1.29 is 21.5 Å².